The van der Waals surface area contributed by atoms with Gasteiger partial charge in [-0.15, -0.1) is 0 Å². The van der Waals surface area contributed by atoms with Crippen LogP contribution in [0.3, 0.4) is 0 Å². The van der Waals surface area contributed by atoms with Crippen molar-refractivity contribution in [2.45, 2.75) is 27.2 Å². The molecule has 0 saturated carbocycles. The van der Waals surface area contributed by atoms with E-state index in [1.807, 2.05) is 39.0 Å². The second-order valence-electron chi connectivity index (χ2n) is 4.53. The van der Waals surface area contributed by atoms with Crippen LogP contribution in [0.25, 0.3) is 0 Å². The lowest BCUT2D eigenvalue weighted by atomic mass is 9.86. The minimum Gasteiger partial charge on any atom is -0.329 e. The summed E-state index contributed by atoms with van der Waals surface area (Å²) in [6.45, 7) is 6.22. The molecule has 1 amide bonds. The van der Waals surface area contributed by atoms with Crippen molar-refractivity contribution >= 4 is 34.2 Å². The molecule has 0 aromatic heterocycles. The highest BCUT2D eigenvalue weighted by Gasteiger charge is 2.29. The zero-order valence-electron chi connectivity index (χ0n) is 10.5. The molecule has 1 rings (SSSR count). The van der Waals surface area contributed by atoms with Crippen LogP contribution in [0.2, 0.25) is 0 Å². The molecule has 17 heavy (non-hydrogen) atoms. The summed E-state index contributed by atoms with van der Waals surface area (Å²) < 4.78 is 1.16. The van der Waals surface area contributed by atoms with Crippen LogP contribution < -0.4 is 11.1 Å². The number of anilines is 1. The van der Waals surface area contributed by atoms with Gasteiger partial charge in [0.2, 0.25) is 5.91 Å². The second kappa shape index (κ2) is 5.82. The summed E-state index contributed by atoms with van der Waals surface area (Å²) in [5.74, 6) is -0.00759. The van der Waals surface area contributed by atoms with Crippen molar-refractivity contribution < 1.29 is 4.79 Å². The second-order valence-corrected chi connectivity index (χ2v) is 5.78. The Labute approximate surface area is 116 Å². The minimum absolute atomic E-state index is 0.00759. The minimum atomic E-state index is -0.491. The van der Waals surface area contributed by atoms with E-state index in [1.54, 1.807) is 0 Å². The van der Waals surface area contributed by atoms with Gasteiger partial charge in [0.15, 0.2) is 0 Å². The maximum atomic E-state index is 12.1. The summed E-state index contributed by atoms with van der Waals surface area (Å²) in [5, 5.41) is 2.96. The zero-order valence-corrected chi connectivity index (χ0v) is 12.7. The summed E-state index contributed by atoms with van der Waals surface area (Å²) in [4.78, 5) is 12.1. The maximum Gasteiger partial charge on any atom is 0.231 e. The number of rotatable bonds is 4. The molecule has 0 fully saturated rings. The van der Waals surface area contributed by atoms with Crippen LogP contribution in [0.4, 0.5) is 5.69 Å². The molecule has 94 valence electrons. The van der Waals surface area contributed by atoms with Gasteiger partial charge >= 0.3 is 0 Å². The van der Waals surface area contributed by atoms with Gasteiger partial charge in [-0.05, 0) is 66.6 Å². The van der Waals surface area contributed by atoms with E-state index in [1.165, 1.54) is 0 Å². The van der Waals surface area contributed by atoms with Gasteiger partial charge in [-0.3, -0.25) is 4.79 Å². The maximum absolute atomic E-state index is 12.1. The van der Waals surface area contributed by atoms with Gasteiger partial charge in [-0.1, -0.05) is 6.92 Å². The molecule has 0 saturated heterocycles. The van der Waals surface area contributed by atoms with Gasteiger partial charge in [0.1, 0.15) is 0 Å². The number of aryl methyl sites for hydroxylation is 1. The van der Waals surface area contributed by atoms with Gasteiger partial charge in [0.25, 0.3) is 0 Å². The van der Waals surface area contributed by atoms with Crippen LogP contribution in [0.1, 0.15) is 25.8 Å². The van der Waals surface area contributed by atoms with Crippen molar-refractivity contribution in [2.24, 2.45) is 11.1 Å². The smallest absolute Gasteiger partial charge is 0.231 e. The first kappa shape index (κ1) is 14.4. The average Bonchev–Trinajstić information content (AvgIpc) is 2.31. The predicted molar refractivity (Wildman–Crippen MR) is 80.0 cm³/mol. The third-order valence-electron chi connectivity index (χ3n) is 3.22. The van der Waals surface area contributed by atoms with E-state index >= 15 is 0 Å². The Bertz CT molecular complexity index is 414. The molecular weight excluding hydrogens is 327 g/mol. The molecule has 0 spiro atoms. The molecule has 0 heterocycles. The van der Waals surface area contributed by atoms with Crippen LogP contribution in [0, 0.1) is 15.9 Å². The van der Waals surface area contributed by atoms with Crippen molar-refractivity contribution in [3.63, 3.8) is 0 Å². The SMILES string of the molecule is CCC(C)(CN)C(=O)Nc1ccc(I)cc1C. The predicted octanol–water partition coefficient (Wildman–Crippen LogP) is 2.91. The fraction of sp³-hybridized carbons (Fsp3) is 0.462. The van der Waals surface area contributed by atoms with E-state index in [-0.39, 0.29) is 5.91 Å². The molecule has 3 N–H and O–H groups in total. The Morgan fingerprint density at radius 3 is 2.65 bits per heavy atom. The van der Waals surface area contributed by atoms with Crippen LogP contribution in [-0.2, 0) is 4.79 Å². The van der Waals surface area contributed by atoms with E-state index in [4.69, 9.17) is 5.73 Å². The summed E-state index contributed by atoms with van der Waals surface area (Å²) >= 11 is 2.25. The van der Waals surface area contributed by atoms with Crippen molar-refractivity contribution in [1.29, 1.82) is 0 Å². The fourth-order valence-corrected chi connectivity index (χ4v) is 2.09. The molecule has 0 radical (unpaired) electrons. The van der Waals surface area contributed by atoms with Gasteiger partial charge < -0.3 is 11.1 Å². The molecular formula is C13H19IN2O. The van der Waals surface area contributed by atoms with E-state index in [2.05, 4.69) is 27.9 Å². The first-order valence-electron chi connectivity index (χ1n) is 5.70. The lowest BCUT2D eigenvalue weighted by Crippen LogP contribution is -2.39. The Morgan fingerprint density at radius 2 is 2.18 bits per heavy atom. The first-order valence-corrected chi connectivity index (χ1v) is 6.78. The largest absolute Gasteiger partial charge is 0.329 e. The fourth-order valence-electron chi connectivity index (χ4n) is 1.44. The summed E-state index contributed by atoms with van der Waals surface area (Å²) in [6.07, 6.45) is 0.735. The number of halogens is 1. The molecule has 0 aliphatic carbocycles. The van der Waals surface area contributed by atoms with Gasteiger partial charge in [0.05, 0.1) is 5.41 Å². The highest BCUT2D eigenvalue weighted by molar-refractivity contribution is 14.1. The van der Waals surface area contributed by atoms with Crippen LogP contribution in [-0.4, -0.2) is 12.5 Å². The monoisotopic (exact) mass is 346 g/mol. The van der Waals surface area contributed by atoms with E-state index in [0.717, 1.165) is 21.2 Å². The van der Waals surface area contributed by atoms with Gasteiger partial charge in [0, 0.05) is 15.8 Å². The Kier molecular flexibility index (Phi) is 4.94. The van der Waals surface area contributed by atoms with Crippen LogP contribution >= 0.6 is 22.6 Å². The molecule has 1 atom stereocenters. The molecule has 1 aromatic carbocycles. The third-order valence-corrected chi connectivity index (χ3v) is 3.89. The number of benzene rings is 1. The Balaban J connectivity index is 2.88. The quantitative estimate of drug-likeness (QED) is 0.824. The van der Waals surface area contributed by atoms with E-state index in [0.29, 0.717) is 6.54 Å². The topological polar surface area (TPSA) is 55.1 Å². The number of nitrogens with one attached hydrogen (secondary N) is 1. The van der Waals surface area contributed by atoms with E-state index < -0.39 is 5.41 Å². The Hall–Kier alpha value is -0.620. The third kappa shape index (κ3) is 3.42. The number of carbonyl (C=O) groups excluding carboxylic acids is 1. The van der Waals surface area contributed by atoms with Crippen molar-refractivity contribution in [1.82, 2.24) is 0 Å². The van der Waals surface area contributed by atoms with Crippen LogP contribution in [0.5, 0.6) is 0 Å². The number of hydrogen-bond acceptors (Lipinski definition) is 2. The molecule has 0 aliphatic rings. The van der Waals surface area contributed by atoms with Crippen molar-refractivity contribution in [3.05, 3.63) is 27.3 Å². The normalized spacial score (nSPS) is 14.2. The Morgan fingerprint density at radius 1 is 1.53 bits per heavy atom. The molecule has 1 unspecified atom stereocenters. The summed E-state index contributed by atoms with van der Waals surface area (Å²) in [7, 11) is 0. The van der Waals surface area contributed by atoms with Gasteiger partial charge in [-0.25, -0.2) is 0 Å². The first-order chi connectivity index (χ1) is 7.92. The number of nitrogens with two attached hydrogens (primary N) is 1. The summed E-state index contributed by atoms with van der Waals surface area (Å²) in [6, 6.07) is 5.96. The number of carbonyl (C=O) groups is 1. The van der Waals surface area contributed by atoms with Crippen LogP contribution in [0.15, 0.2) is 18.2 Å². The van der Waals surface area contributed by atoms with Gasteiger partial charge in [-0.2, -0.15) is 0 Å². The molecule has 1 aromatic rings. The highest BCUT2D eigenvalue weighted by Crippen LogP contribution is 2.24. The lowest BCUT2D eigenvalue weighted by Gasteiger charge is -2.25. The highest BCUT2D eigenvalue weighted by atomic mass is 127. The number of hydrogen-bond donors (Lipinski definition) is 2. The number of amides is 1. The van der Waals surface area contributed by atoms with E-state index in [9.17, 15) is 4.79 Å². The molecule has 0 bridgehead atoms. The lowest BCUT2D eigenvalue weighted by molar-refractivity contribution is -0.124. The van der Waals surface area contributed by atoms with Crippen molar-refractivity contribution in [3.8, 4) is 0 Å². The molecule has 4 heteroatoms. The zero-order chi connectivity index (χ0) is 13.1. The van der Waals surface area contributed by atoms with Crippen molar-refractivity contribution in [2.75, 3.05) is 11.9 Å². The molecule has 3 nitrogen and oxygen atoms in total. The standard InChI is InChI=1S/C13H19IN2O/c1-4-13(3,8-15)12(17)16-11-6-5-10(14)7-9(11)2/h5-7H,4,8,15H2,1-3H3,(H,16,17). The molecule has 0 aliphatic heterocycles. The summed E-state index contributed by atoms with van der Waals surface area (Å²) in [5.41, 5.74) is 7.12. The average molecular weight is 346 g/mol.